The third-order valence-electron chi connectivity index (χ3n) is 3.55. The van der Waals surface area contributed by atoms with E-state index in [-0.39, 0.29) is 12.2 Å². The molecule has 0 spiro atoms. The molecule has 1 fully saturated rings. The highest BCUT2D eigenvalue weighted by molar-refractivity contribution is 7.16. The van der Waals surface area contributed by atoms with Crippen molar-refractivity contribution in [3.63, 3.8) is 0 Å². The first-order valence-electron chi connectivity index (χ1n) is 6.55. The largest absolute Gasteiger partial charge is 0.345 e. The second-order valence-corrected chi connectivity index (χ2v) is 5.89. The Hall–Kier alpha value is -1.69. The van der Waals surface area contributed by atoms with Crippen molar-refractivity contribution in [1.29, 1.82) is 0 Å². The molecule has 0 saturated carbocycles. The number of thiophene rings is 1. The summed E-state index contributed by atoms with van der Waals surface area (Å²) >= 11 is 1.56. The SMILES string of the molecule is O=C1c2ccccc2CN1c1ccc(C2OCCO2)s1. The van der Waals surface area contributed by atoms with Crippen molar-refractivity contribution in [3.05, 3.63) is 52.4 Å². The summed E-state index contributed by atoms with van der Waals surface area (Å²) in [5.41, 5.74) is 1.89. The molecule has 0 aliphatic carbocycles. The van der Waals surface area contributed by atoms with Crippen LogP contribution in [0.1, 0.15) is 27.1 Å². The molecule has 0 atom stereocenters. The molecule has 5 heteroatoms. The van der Waals surface area contributed by atoms with E-state index in [2.05, 4.69) is 0 Å². The summed E-state index contributed by atoms with van der Waals surface area (Å²) in [4.78, 5) is 15.2. The van der Waals surface area contributed by atoms with Gasteiger partial charge in [-0.05, 0) is 23.8 Å². The van der Waals surface area contributed by atoms with Gasteiger partial charge >= 0.3 is 0 Å². The Labute approximate surface area is 120 Å². The normalized spacial score (nSPS) is 18.8. The van der Waals surface area contributed by atoms with E-state index < -0.39 is 0 Å². The van der Waals surface area contributed by atoms with Gasteiger partial charge in [-0.1, -0.05) is 18.2 Å². The minimum atomic E-state index is -0.270. The summed E-state index contributed by atoms with van der Waals surface area (Å²) in [6, 6.07) is 11.7. The van der Waals surface area contributed by atoms with Gasteiger partial charge in [0.05, 0.1) is 29.6 Å². The Morgan fingerprint density at radius 2 is 1.90 bits per heavy atom. The Morgan fingerprint density at radius 1 is 1.10 bits per heavy atom. The summed E-state index contributed by atoms with van der Waals surface area (Å²) in [5.74, 6) is 0.0715. The molecular weight excluding hydrogens is 274 g/mol. The zero-order valence-electron chi connectivity index (χ0n) is 10.7. The highest BCUT2D eigenvalue weighted by atomic mass is 32.1. The van der Waals surface area contributed by atoms with Crippen molar-refractivity contribution < 1.29 is 14.3 Å². The fourth-order valence-corrected chi connectivity index (χ4v) is 3.57. The van der Waals surface area contributed by atoms with Crippen LogP contribution in [0.2, 0.25) is 0 Å². The summed E-state index contributed by atoms with van der Waals surface area (Å²) in [6.07, 6.45) is -0.270. The van der Waals surface area contributed by atoms with Crippen molar-refractivity contribution in [2.75, 3.05) is 18.1 Å². The minimum absolute atomic E-state index is 0.0715. The molecule has 0 unspecified atom stereocenters. The van der Waals surface area contributed by atoms with Gasteiger partial charge in [0, 0.05) is 5.56 Å². The molecule has 4 nitrogen and oxygen atoms in total. The fourth-order valence-electron chi connectivity index (χ4n) is 2.57. The number of hydrogen-bond acceptors (Lipinski definition) is 4. The molecule has 1 amide bonds. The number of nitrogens with zero attached hydrogens (tertiary/aromatic N) is 1. The number of ether oxygens (including phenoxy) is 2. The predicted octanol–water partition coefficient (Wildman–Crippen LogP) is 2.95. The summed E-state index contributed by atoms with van der Waals surface area (Å²) in [6.45, 7) is 1.90. The first kappa shape index (κ1) is 12.1. The Kier molecular flexibility index (Phi) is 2.84. The quantitative estimate of drug-likeness (QED) is 0.852. The highest BCUT2D eigenvalue weighted by Crippen LogP contribution is 2.37. The summed E-state index contributed by atoms with van der Waals surface area (Å²) in [5, 5.41) is 0.945. The van der Waals surface area contributed by atoms with Gasteiger partial charge in [0.2, 0.25) is 0 Å². The van der Waals surface area contributed by atoms with Crippen LogP contribution in [0.3, 0.4) is 0 Å². The molecule has 1 aromatic carbocycles. The third kappa shape index (κ3) is 1.86. The molecule has 102 valence electrons. The van der Waals surface area contributed by atoms with E-state index in [1.165, 1.54) is 0 Å². The number of hydrogen-bond donors (Lipinski definition) is 0. The lowest BCUT2D eigenvalue weighted by Crippen LogP contribution is -2.21. The molecule has 20 heavy (non-hydrogen) atoms. The average molecular weight is 287 g/mol. The van der Waals surface area contributed by atoms with Crippen LogP contribution in [0.5, 0.6) is 0 Å². The molecule has 4 rings (SSSR count). The van der Waals surface area contributed by atoms with Gasteiger partial charge in [-0.3, -0.25) is 9.69 Å². The van der Waals surface area contributed by atoms with E-state index in [9.17, 15) is 4.79 Å². The second-order valence-electron chi connectivity index (χ2n) is 4.80. The van der Waals surface area contributed by atoms with Crippen LogP contribution in [0, 0.1) is 0 Å². The fraction of sp³-hybridized carbons (Fsp3) is 0.267. The number of benzene rings is 1. The summed E-state index contributed by atoms with van der Waals surface area (Å²) < 4.78 is 11.0. The van der Waals surface area contributed by atoms with Crippen LogP contribution in [-0.4, -0.2) is 19.1 Å². The smallest absolute Gasteiger partial charge is 0.259 e. The van der Waals surface area contributed by atoms with Gasteiger partial charge in [-0.15, -0.1) is 11.3 Å². The lowest BCUT2D eigenvalue weighted by atomic mass is 10.1. The molecule has 1 aromatic heterocycles. The summed E-state index contributed by atoms with van der Waals surface area (Å²) in [7, 11) is 0. The van der Waals surface area contributed by atoms with Crippen LogP contribution in [0.4, 0.5) is 5.00 Å². The van der Waals surface area contributed by atoms with Gasteiger partial charge in [-0.2, -0.15) is 0 Å². The highest BCUT2D eigenvalue weighted by Gasteiger charge is 2.30. The average Bonchev–Trinajstić information content (AvgIpc) is 3.17. The second kappa shape index (κ2) is 4.70. The number of rotatable bonds is 2. The lowest BCUT2D eigenvalue weighted by Gasteiger charge is -2.12. The molecule has 0 bridgehead atoms. The number of fused-ring (bicyclic) bond motifs is 1. The van der Waals surface area contributed by atoms with Crippen LogP contribution in [-0.2, 0) is 16.0 Å². The van der Waals surface area contributed by atoms with E-state index in [0.717, 1.165) is 21.0 Å². The van der Waals surface area contributed by atoms with Gasteiger partial charge in [0.1, 0.15) is 0 Å². The van der Waals surface area contributed by atoms with Crippen LogP contribution in [0.25, 0.3) is 0 Å². The van der Waals surface area contributed by atoms with Crippen molar-refractivity contribution in [3.8, 4) is 0 Å². The predicted molar refractivity (Wildman–Crippen MR) is 75.9 cm³/mol. The Bertz CT molecular complexity index is 661. The van der Waals surface area contributed by atoms with Gasteiger partial charge < -0.3 is 9.47 Å². The maximum atomic E-state index is 12.4. The van der Waals surface area contributed by atoms with Crippen molar-refractivity contribution >= 4 is 22.2 Å². The molecule has 2 aromatic rings. The van der Waals surface area contributed by atoms with E-state index in [4.69, 9.17) is 9.47 Å². The molecule has 2 aliphatic rings. The number of anilines is 1. The van der Waals surface area contributed by atoms with Crippen molar-refractivity contribution in [2.45, 2.75) is 12.8 Å². The van der Waals surface area contributed by atoms with E-state index in [1.54, 1.807) is 11.3 Å². The van der Waals surface area contributed by atoms with E-state index in [1.807, 2.05) is 41.3 Å². The maximum absolute atomic E-state index is 12.4. The molecule has 2 aliphatic heterocycles. The van der Waals surface area contributed by atoms with Crippen LogP contribution >= 0.6 is 11.3 Å². The number of carbonyl (C=O) groups is 1. The third-order valence-corrected chi connectivity index (χ3v) is 4.68. The van der Waals surface area contributed by atoms with Crippen molar-refractivity contribution in [2.24, 2.45) is 0 Å². The zero-order valence-corrected chi connectivity index (χ0v) is 11.6. The Balaban J connectivity index is 1.62. The van der Waals surface area contributed by atoms with Gasteiger partial charge in [0.25, 0.3) is 5.91 Å². The lowest BCUT2D eigenvalue weighted by molar-refractivity contribution is -0.0413. The molecule has 3 heterocycles. The Morgan fingerprint density at radius 3 is 2.70 bits per heavy atom. The molecule has 0 radical (unpaired) electrons. The van der Waals surface area contributed by atoms with Crippen molar-refractivity contribution in [1.82, 2.24) is 0 Å². The van der Waals surface area contributed by atoms with Gasteiger partial charge in [-0.25, -0.2) is 0 Å². The topological polar surface area (TPSA) is 38.8 Å². The van der Waals surface area contributed by atoms with Crippen LogP contribution in [0.15, 0.2) is 36.4 Å². The first-order valence-corrected chi connectivity index (χ1v) is 7.37. The molecule has 1 saturated heterocycles. The minimum Gasteiger partial charge on any atom is -0.345 e. The van der Waals surface area contributed by atoms with Gasteiger partial charge in [0.15, 0.2) is 6.29 Å². The number of carbonyl (C=O) groups excluding carboxylic acids is 1. The number of amides is 1. The molecular formula is C15H13NO3S. The monoisotopic (exact) mass is 287 g/mol. The van der Waals surface area contributed by atoms with E-state index in [0.29, 0.717) is 19.8 Å². The zero-order chi connectivity index (χ0) is 13.5. The van der Waals surface area contributed by atoms with E-state index >= 15 is 0 Å². The molecule has 0 N–H and O–H groups in total. The van der Waals surface area contributed by atoms with Crippen LogP contribution < -0.4 is 4.90 Å². The first-order chi connectivity index (χ1) is 9.83. The standard InChI is InChI=1S/C15H13NO3S/c17-14-11-4-2-1-3-10(11)9-16(14)13-6-5-12(20-13)15-18-7-8-19-15/h1-6,15H,7-9H2. The maximum Gasteiger partial charge on any atom is 0.259 e.